The monoisotopic (exact) mass is 409 g/mol. The summed E-state index contributed by atoms with van der Waals surface area (Å²) >= 11 is 6.44. The highest BCUT2D eigenvalue weighted by Crippen LogP contribution is 2.33. The predicted octanol–water partition coefficient (Wildman–Crippen LogP) is 5.09. The number of aryl methyl sites for hydroxylation is 1. The van der Waals surface area contributed by atoms with Crippen molar-refractivity contribution in [2.45, 2.75) is 6.92 Å². The van der Waals surface area contributed by atoms with Gasteiger partial charge in [0.1, 0.15) is 5.75 Å². The second-order valence-corrected chi connectivity index (χ2v) is 6.77. The summed E-state index contributed by atoms with van der Waals surface area (Å²) < 4.78 is 10.8. The van der Waals surface area contributed by atoms with E-state index in [1.165, 1.54) is 6.07 Å². The molecule has 0 aliphatic carbocycles. The number of imidazole rings is 1. The van der Waals surface area contributed by atoms with Crippen molar-refractivity contribution >= 4 is 28.6 Å². The van der Waals surface area contributed by atoms with Gasteiger partial charge in [-0.25, -0.2) is 9.78 Å². The van der Waals surface area contributed by atoms with Crippen molar-refractivity contribution in [3.63, 3.8) is 0 Å². The number of carboxylic acid groups (broad SMARTS) is 1. The molecule has 0 spiro atoms. The molecule has 0 fully saturated rings. The minimum atomic E-state index is -1.01. The summed E-state index contributed by atoms with van der Waals surface area (Å²) in [7, 11) is 1.56. The van der Waals surface area contributed by atoms with Crippen molar-refractivity contribution in [2.24, 2.45) is 0 Å². The molecule has 0 bridgehead atoms. The number of pyridine rings is 1. The van der Waals surface area contributed by atoms with E-state index >= 15 is 0 Å². The number of benzene rings is 2. The van der Waals surface area contributed by atoms with E-state index < -0.39 is 5.97 Å². The van der Waals surface area contributed by atoms with Crippen LogP contribution in [-0.4, -0.2) is 33.1 Å². The van der Waals surface area contributed by atoms with Gasteiger partial charge in [0.25, 0.3) is 6.01 Å². The third kappa shape index (κ3) is 3.72. The number of hydrogen-bond donors (Lipinski definition) is 2. The van der Waals surface area contributed by atoms with Crippen molar-refractivity contribution in [3.8, 4) is 28.8 Å². The standard InChI is InChI=1S/C21H16ClN3O4/c1-11-3-5-13(7-14(11)20(26)27)29-21-24-17-8-15(16(22)9-18(17)25-21)12-4-6-19(28-2)23-10-12/h3-10H,1-2H3,(H,24,25)(H,26,27). The van der Waals surface area contributed by atoms with Crippen LogP contribution in [0.2, 0.25) is 5.02 Å². The average Bonchev–Trinajstić information content (AvgIpc) is 3.09. The van der Waals surface area contributed by atoms with Gasteiger partial charge in [0.2, 0.25) is 5.88 Å². The first-order valence-corrected chi connectivity index (χ1v) is 9.04. The number of ether oxygens (including phenoxy) is 2. The molecule has 2 aromatic heterocycles. The van der Waals surface area contributed by atoms with E-state index in [-0.39, 0.29) is 11.6 Å². The van der Waals surface area contributed by atoms with Gasteiger partial charge in [0.05, 0.1) is 28.7 Å². The first kappa shape index (κ1) is 18.8. The number of aromatic amines is 1. The summed E-state index contributed by atoms with van der Waals surface area (Å²) in [5.41, 5.74) is 3.78. The maximum Gasteiger partial charge on any atom is 0.336 e. The smallest absolute Gasteiger partial charge is 0.336 e. The van der Waals surface area contributed by atoms with Crippen molar-refractivity contribution < 1.29 is 19.4 Å². The molecular formula is C21H16ClN3O4. The second kappa shape index (κ2) is 7.44. The number of methoxy groups -OCH3 is 1. The Morgan fingerprint density at radius 1 is 1.17 bits per heavy atom. The molecule has 4 aromatic rings. The fourth-order valence-corrected chi connectivity index (χ4v) is 3.22. The lowest BCUT2D eigenvalue weighted by Crippen LogP contribution is -2.00. The van der Waals surface area contributed by atoms with Crippen LogP contribution in [0.4, 0.5) is 0 Å². The maximum absolute atomic E-state index is 11.3. The molecule has 2 N–H and O–H groups in total. The Hall–Kier alpha value is -3.58. The molecule has 29 heavy (non-hydrogen) atoms. The van der Waals surface area contributed by atoms with Crippen molar-refractivity contribution in [1.29, 1.82) is 0 Å². The Morgan fingerprint density at radius 3 is 2.69 bits per heavy atom. The van der Waals surface area contributed by atoms with Gasteiger partial charge in [-0.15, -0.1) is 0 Å². The van der Waals surface area contributed by atoms with E-state index in [9.17, 15) is 9.90 Å². The summed E-state index contributed by atoms with van der Waals surface area (Å²) in [4.78, 5) is 23.0. The van der Waals surface area contributed by atoms with Crippen molar-refractivity contribution in [1.82, 2.24) is 15.0 Å². The van der Waals surface area contributed by atoms with Crippen LogP contribution in [0.5, 0.6) is 17.6 Å². The molecule has 0 aliphatic rings. The average molecular weight is 410 g/mol. The maximum atomic E-state index is 11.3. The zero-order valence-corrected chi connectivity index (χ0v) is 16.3. The molecular weight excluding hydrogens is 394 g/mol. The number of H-pyrrole nitrogens is 1. The summed E-state index contributed by atoms with van der Waals surface area (Å²) in [6.45, 7) is 1.73. The number of nitrogens with zero attached hydrogens (tertiary/aromatic N) is 2. The van der Waals surface area contributed by atoms with Crippen LogP contribution in [0.15, 0.2) is 48.7 Å². The minimum Gasteiger partial charge on any atom is -0.481 e. The van der Waals surface area contributed by atoms with Gasteiger partial charge in [-0.2, -0.15) is 4.98 Å². The number of carbonyl (C=O) groups is 1. The van der Waals surface area contributed by atoms with E-state index in [0.717, 1.165) is 11.1 Å². The summed E-state index contributed by atoms with van der Waals surface area (Å²) in [6.07, 6.45) is 1.68. The molecule has 0 amide bonds. The van der Waals surface area contributed by atoms with Crippen LogP contribution >= 0.6 is 11.6 Å². The lowest BCUT2D eigenvalue weighted by Gasteiger charge is -2.05. The van der Waals surface area contributed by atoms with E-state index in [4.69, 9.17) is 21.1 Å². The van der Waals surface area contributed by atoms with Crippen LogP contribution in [-0.2, 0) is 0 Å². The second-order valence-electron chi connectivity index (χ2n) is 6.36. The number of rotatable bonds is 5. The lowest BCUT2D eigenvalue weighted by molar-refractivity contribution is 0.0695. The number of fused-ring (bicyclic) bond motifs is 1. The molecule has 0 radical (unpaired) electrons. The Labute approximate surface area is 170 Å². The van der Waals surface area contributed by atoms with Crippen LogP contribution < -0.4 is 9.47 Å². The number of halogens is 1. The lowest BCUT2D eigenvalue weighted by atomic mass is 10.1. The fourth-order valence-electron chi connectivity index (χ4n) is 2.94. The Balaban J connectivity index is 1.68. The van der Waals surface area contributed by atoms with Crippen LogP contribution in [0.3, 0.4) is 0 Å². The molecule has 0 saturated heterocycles. The first-order valence-electron chi connectivity index (χ1n) is 8.66. The van der Waals surface area contributed by atoms with Gasteiger partial charge in [-0.05, 0) is 42.8 Å². The molecule has 0 aliphatic heterocycles. The molecule has 0 unspecified atom stereocenters. The fraction of sp³-hybridized carbons (Fsp3) is 0.0952. The number of nitrogens with one attached hydrogen (secondary N) is 1. The van der Waals surface area contributed by atoms with Crippen molar-refractivity contribution in [3.05, 3.63) is 64.8 Å². The molecule has 0 saturated carbocycles. The number of hydrogen-bond acceptors (Lipinski definition) is 5. The van der Waals surface area contributed by atoms with E-state index in [0.29, 0.717) is 33.2 Å². The highest BCUT2D eigenvalue weighted by Gasteiger charge is 2.13. The van der Waals surface area contributed by atoms with Crippen molar-refractivity contribution in [2.75, 3.05) is 7.11 Å². The quantitative estimate of drug-likeness (QED) is 0.476. The minimum absolute atomic E-state index is 0.177. The Bertz CT molecular complexity index is 1220. The SMILES string of the molecule is COc1ccc(-c2cc3nc(Oc4ccc(C)c(C(=O)O)c4)[nH]c3cc2Cl)cn1. The highest BCUT2D eigenvalue weighted by molar-refractivity contribution is 6.34. The summed E-state index contributed by atoms with van der Waals surface area (Å²) in [5.74, 6) is -0.125. The molecule has 4 rings (SSSR count). The Morgan fingerprint density at radius 2 is 2.00 bits per heavy atom. The topological polar surface area (TPSA) is 97.3 Å². The number of aromatic carboxylic acids is 1. The van der Waals surface area contributed by atoms with E-state index in [1.54, 1.807) is 44.5 Å². The Kier molecular flexibility index (Phi) is 4.82. The molecule has 2 aromatic carbocycles. The summed E-state index contributed by atoms with van der Waals surface area (Å²) in [6, 6.07) is 12.3. The number of aromatic nitrogens is 3. The van der Waals surface area contributed by atoms with Gasteiger partial charge < -0.3 is 19.6 Å². The molecule has 0 atom stereocenters. The van der Waals surface area contributed by atoms with Gasteiger partial charge in [-0.1, -0.05) is 17.7 Å². The third-order valence-electron chi connectivity index (χ3n) is 4.46. The third-order valence-corrected chi connectivity index (χ3v) is 4.77. The van der Waals surface area contributed by atoms with Gasteiger partial charge in [0.15, 0.2) is 0 Å². The summed E-state index contributed by atoms with van der Waals surface area (Å²) in [5, 5.41) is 9.80. The molecule has 2 heterocycles. The highest BCUT2D eigenvalue weighted by atomic mass is 35.5. The van der Waals surface area contributed by atoms with Gasteiger partial charge in [0, 0.05) is 23.4 Å². The van der Waals surface area contributed by atoms with E-state index in [2.05, 4.69) is 15.0 Å². The largest absolute Gasteiger partial charge is 0.481 e. The number of carboxylic acids is 1. The molecule has 7 nitrogen and oxygen atoms in total. The van der Waals surface area contributed by atoms with Crippen LogP contribution in [0, 0.1) is 6.92 Å². The van der Waals surface area contributed by atoms with Crippen LogP contribution in [0.1, 0.15) is 15.9 Å². The molecule has 8 heteroatoms. The zero-order chi connectivity index (χ0) is 20.5. The van der Waals surface area contributed by atoms with Gasteiger partial charge in [-0.3, -0.25) is 0 Å². The zero-order valence-electron chi connectivity index (χ0n) is 15.6. The van der Waals surface area contributed by atoms with Crippen LogP contribution in [0.25, 0.3) is 22.2 Å². The van der Waals surface area contributed by atoms with E-state index in [1.807, 2.05) is 12.1 Å². The first-order chi connectivity index (χ1) is 13.9. The van der Waals surface area contributed by atoms with Gasteiger partial charge >= 0.3 is 5.97 Å². The normalized spacial score (nSPS) is 10.9. The predicted molar refractivity (Wildman–Crippen MR) is 109 cm³/mol. The molecule has 146 valence electrons.